The number of hydrogen-bond acceptors (Lipinski definition) is 2. The minimum atomic E-state index is 0.0121. The molecular weight excluding hydrogens is 274 g/mol. The summed E-state index contributed by atoms with van der Waals surface area (Å²) in [7, 11) is 0. The monoisotopic (exact) mass is 299 g/mol. The lowest BCUT2D eigenvalue weighted by Crippen LogP contribution is -2.28. The van der Waals surface area contributed by atoms with Crippen molar-refractivity contribution in [2.75, 3.05) is 6.54 Å². The lowest BCUT2D eigenvalue weighted by Gasteiger charge is -2.10. The van der Waals surface area contributed by atoms with Crippen molar-refractivity contribution >= 4 is 5.91 Å². The number of nitrogens with zero attached hydrogens (tertiary/aromatic N) is 2. The summed E-state index contributed by atoms with van der Waals surface area (Å²) < 4.78 is 2.12. The molecule has 0 aliphatic rings. The van der Waals surface area contributed by atoms with Crippen LogP contribution in [0.2, 0.25) is 0 Å². The van der Waals surface area contributed by atoms with Gasteiger partial charge in [0.15, 0.2) is 0 Å². The van der Waals surface area contributed by atoms with Gasteiger partial charge in [0.2, 0.25) is 0 Å². The van der Waals surface area contributed by atoms with Crippen LogP contribution < -0.4 is 5.32 Å². The van der Waals surface area contributed by atoms with E-state index >= 15 is 0 Å². The summed E-state index contributed by atoms with van der Waals surface area (Å²) in [5.74, 6) is 0.0121. The molecule has 2 aromatic rings. The first kappa shape index (κ1) is 16.3. The fourth-order valence-corrected chi connectivity index (χ4v) is 3.09. The Morgan fingerprint density at radius 3 is 2.64 bits per heavy atom. The highest BCUT2D eigenvalue weighted by atomic mass is 16.1. The molecule has 0 radical (unpaired) electrons. The average Bonchev–Trinajstić information content (AvgIpc) is 2.78. The molecule has 0 fully saturated rings. The number of carbonyl (C=O) groups excluding carboxylic acids is 1. The average molecular weight is 299 g/mol. The SMILES string of the molecule is CCc1c(C)c(C(=O)NCCc2ccccn2)n(CC)c1C. The summed E-state index contributed by atoms with van der Waals surface area (Å²) in [4.78, 5) is 16.8. The van der Waals surface area contributed by atoms with Gasteiger partial charge < -0.3 is 9.88 Å². The summed E-state index contributed by atoms with van der Waals surface area (Å²) in [5.41, 5.74) is 5.40. The lowest BCUT2D eigenvalue weighted by molar-refractivity contribution is 0.0944. The van der Waals surface area contributed by atoms with Crippen molar-refractivity contribution in [1.29, 1.82) is 0 Å². The molecule has 118 valence electrons. The third kappa shape index (κ3) is 3.21. The minimum Gasteiger partial charge on any atom is -0.350 e. The van der Waals surface area contributed by atoms with Crippen molar-refractivity contribution in [1.82, 2.24) is 14.9 Å². The van der Waals surface area contributed by atoms with Gasteiger partial charge in [-0.05, 0) is 50.5 Å². The van der Waals surface area contributed by atoms with Crippen LogP contribution in [0.3, 0.4) is 0 Å². The summed E-state index contributed by atoms with van der Waals surface area (Å²) >= 11 is 0. The second-order valence-electron chi connectivity index (χ2n) is 5.46. The largest absolute Gasteiger partial charge is 0.350 e. The smallest absolute Gasteiger partial charge is 0.268 e. The van der Waals surface area contributed by atoms with Gasteiger partial charge >= 0.3 is 0 Å². The molecule has 0 unspecified atom stereocenters. The molecule has 0 atom stereocenters. The normalized spacial score (nSPS) is 10.7. The number of pyridine rings is 1. The molecule has 2 aromatic heterocycles. The number of rotatable bonds is 6. The van der Waals surface area contributed by atoms with Crippen LogP contribution in [-0.2, 0) is 19.4 Å². The van der Waals surface area contributed by atoms with Gasteiger partial charge in [0, 0.05) is 37.1 Å². The highest BCUT2D eigenvalue weighted by Gasteiger charge is 2.20. The molecule has 2 rings (SSSR count). The van der Waals surface area contributed by atoms with E-state index in [1.54, 1.807) is 6.20 Å². The highest BCUT2D eigenvalue weighted by molar-refractivity contribution is 5.95. The molecule has 1 amide bonds. The van der Waals surface area contributed by atoms with Crippen LogP contribution in [0.15, 0.2) is 24.4 Å². The molecule has 1 N–H and O–H groups in total. The number of amides is 1. The first-order chi connectivity index (χ1) is 10.6. The summed E-state index contributed by atoms with van der Waals surface area (Å²) in [6, 6.07) is 5.84. The maximum absolute atomic E-state index is 12.6. The van der Waals surface area contributed by atoms with Crippen molar-refractivity contribution in [2.24, 2.45) is 0 Å². The van der Waals surface area contributed by atoms with Crippen molar-refractivity contribution in [2.45, 2.75) is 47.1 Å². The Morgan fingerprint density at radius 1 is 1.27 bits per heavy atom. The van der Waals surface area contributed by atoms with E-state index < -0.39 is 0 Å². The van der Waals surface area contributed by atoms with E-state index in [2.05, 4.69) is 35.6 Å². The molecule has 0 bridgehead atoms. The highest BCUT2D eigenvalue weighted by Crippen LogP contribution is 2.22. The van der Waals surface area contributed by atoms with Gasteiger partial charge in [-0.3, -0.25) is 9.78 Å². The van der Waals surface area contributed by atoms with Gasteiger partial charge in [0.25, 0.3) is 5.91 Å². The maximum atomic E-state index is 12.6. The van der Waals surface area contributed by atoms with E-state index in [1.165, 1.54) is 11.3 Å². The van der Waals surface area contributed by atoms with E-state index in [0.29, 0.717) is 6.54 Å². The van der Waals surface area contributed by atoms with Gasteiger partial charge in [-0.25, -0.2) is 0 Å². The maximum Gasteiger partial charge on any atom is 0.268 e. The molecular formula is C18H25N3O. The van der Waals surface area contributed by atoms with E-state index in [1.807, 2.05) is 25.1 Å². The Hall–Kier alpha value is -2.10. The molecule has 22 heavy (non-hydrogen) atoms. The zero-order chi connectivity index (χ0) is 16.1. The van der Waals surface area contributed by atoms with Gasteiger partial charge in [-0.2, -0.15) is 0 Å². The second kappa shape index (κ2) is 7.25. The van der Waals surface area contributed by atoms with Crippen molar-refractivity contribution in [3.63, 3.8) is 0 Å². The van der Waals surface area contributed by atoms with Gasteiger partial charge in [0.1, 0.15) is 5.69 Å². The second-order valence-corrected chi connectivity index (χ2v) is 5.46. The van der Waals surface area contributed by atoms with Crippen molar-refractivity contribution < 1.29 is 4.79 Å². The number of aromatic nitrogens is 2. The Bertz CT molecular complexity index is 644. The standard InChI is InChI=1S/C18H25N3O/c1-5-16-13(3)17(21(6-2)14(16)4)18(22)20-12-10-15-9-7-8-11-19-15/h7-9,11H,5-6,10,12H2,1-4H3,(H,20,22). The summed E-state index contributed by atoms with van der Waals surface area (Å²) in [6.45, 7) is 9.78. The Morgan fingerprint density at radius 2 is 2.05 bits per heavy atom. The number of carbonyl (C=O) groups is 1. The fourth-order valence-electron chi connectivity index (χ4n) is 3.09. The Balaban J connectivity index is 2.09. The number of nitrogens with one attached hydrogen (secondary N) is 1. The molecule has 0 aliphatic carbocycles. The van der Waals surface area contributed by atoms with E-state index in [-0.39, 0.29) is 5.91 Å². The topological polar surface area (TPSA) is 46.9 Å². The first-order valence-electron chi connectivity index (χ1n) is 7.96. The predicted molar refractivity (Wildman–Crippen MR) is 89.2 cm³/mol. The quantitative estimate of drug-likeness (QED) is 0.891. The summed E-state index contributed by atoms with van der Waals surface area (Å²) in [6.07, 6.45) is 3.48. The van der Waals surface area contributed by atoms with Crippen LogP contribution in [0.4, 0.5) is 0 Å². The van der Waals surface area contributed by atoms with E-state index in [0.717, 1.165) is 36.3 Å². The van der Waals surface area contributed by atoms with Crippen LogP contribution in [0.1, 0.15) is 46.9 Å². The number of hydrogen-bond donors (Lipinski definition) is 1. The molecule has 0 saturated carbocycles. The van der Waals surface area contributed by atoms with Gasteiger partial charge in [0.05, 0.1) is 0 Å². The van der Waals surface area contributed by atoms with Crippen molar-refractivity contribution in [3.05, 3.63) is 52.6 Å². The molecule has 0 aliphatic heterocycles. The molecule has 4 heteroatoms. The van der Waals surface area contributed by atoms with Gasteiger partial charge in [-0.1, -0.05) is 13.0 Å². The molecule has 0 saturated heterocycles. The van der Waals surface area contributed by atoms with Crippen LogP contribution in [0.25, 0.3) is 0 Å². The zero-order valence-electron chi connectivity index (χ0n) is 13.9. The molecule has 0 spiro atoms. The zero-order valence-corrected chi connectivity index (χ0v) is 13.9. The van der Waals surface area contributed by atoms with Crippen LogP contribution >= 0.6 is 0 Å². The van der Waals surface area contributed by atoms with E-state index in [4.69, 9.17) is 0 Å². The third-order valence-electron chi connectivity index (χ3n) is 4.20. The van der Waals surface area contributed by atoms with Gasteiger partial charge in [-0.15, -0.1) is 0 Å². The fraction of sp³-hybridized carbons (Fsp3) is 0.444. The molecule has 4 nitrogen and oxygen atoms in total. The van der Waals surface area contributed by atoms with Crippen LogP contribution in [0.5, 0.6) is 0 Å². The van der Waals surface area contributed by atoms with Crippen molar-refractivity contribution in [3.8, 4) is 0 Å². The Kier molecular flexibility index (Phi) is 5.36. The minimum absolute atomic E-state index is 0.0121. The van der Waals surface area contributed by atoms with E-state index in [9.17, 15) is 4.79 Å². The van der Waals surface area contributed by atoms with Crippen LogP contribution in [0, 0.1) is 13.8 Å². The predicted octanol–water partition coefficient (Wildman–Crippen LogP) is 3.05. The molecule has 0 aromatic carbocycles. The summed E-state index contributed by atoms with van der Waals surface area (Å²) in [5, 5.41) is 3.03. The third-order valence-corrected chi connectivity index (χ3v) is 4.20. The molecule has 2 heterocycles. The Labute approximate surface area is 132 Å². The van der Waals surface area contributed by atoms with Crippen LogP contribution in [-0.4, -0.2) is 22.0 Å². The lowest BCUT2D eigenvalue weighted by atomic mass is 10.1. The first-order valence-corrected chi connectivity index (χ1v) is 7.96.